The molecule has 0 radical (unpaired) electrons. The molecule has 7 nitrogen and oxygen atoms in total. The Morgan fingerprint density at radius 1 is 1.17 bits per heavy atom. The van der Waals surface area contributed by atoms with Crippen molar-refractivity contribution in [1.82, 2.24) is 9.78 Å². The third-order valence-corrected chi connectivity index (χ3v) is 4.99. The number of aryl methyl sites for hydroxylation is 1. The monoisotopic (exact) mass is 411 g/mol. The second-order valence-electron chi connectivity index (χ2n) is 6.66. The number of benzene rings is 2. The topological polar surface area (TPSA) is 82.5 Å². The van der Waals surface area contributed by atoms with Crippen LogP contribution in [-0.2, 0) is 6.54 Å². The van der Waals surface area contributed by atoms with Crippen LogP contribution in [0.3, 0.4) is 0 Å². The molecule has 0 saturated carbocycles. The number of amides is 1. The van der Waals surface area contributed by atoms with E-state index < -0.39 is 5.91 Å². The minimum Gasteiger partial charge on any atom is -0.454 e. The Labute approximate surface area is 172 Å². The molecule has 2 heterocycles. The molecule has 0 aliphatic carbocycles. The molecular formula is C21H18ClN3O4. The number of nitrogens with zero attached hydrogens (tertiary/aromatic N) is 2. The molecule has 4 rings (SSSR count). The van der Waals surface area contributed by atoms with Gasteiger partial charge in [0.25, 0.3) is 5.91 Å². The van der Waals surface area contributed by atoms with Crippen molar-refractivity contribution in [2.45, 2.75) is 20.4 Å². The number of carbonyl (C=O) groups is 2. The lowest BCUT2D eigenvalue weighted by Gasteiger charge is -2.11. The van der Waals surface area contributed by atoms with Gasteiger partial charge in [-0.1, -0.05) is 41.9 Å². The molecule has 148 valence electrons. The van der Waals surface area contributed by atoms with E-state index in [0.29, 0.717) is 35.0 Å². The zero-order valence-electron chi connectivity index (χ0n) is 15.9. The number of nitrogens with one attached hydrogen (secondary N) is 1. The lowest BCUT2D eigenvalue weighted by atomic mass is 10.1. The molecule has 3 aromatic rings. The number of fused-ring (bicyclic) bond motifs is 1. The maximum absolute atomic E-state index is 13.0. The average molecular weight is 412 g/mol. The summed E-state index contributed by atoms with van der Waals surface area (Å²) in [5, 5.41) is 7.39. The lowest BCUT2D eigenvalue weighted by molar-refractivity contribution is 0.101. The predicted molar refractivity (Wildman–Crippen MR) is 108 cm³/mol. The number of hydrogen-bond donors (Lipinski definition) is 1. The van der Waals surface area contributed by atoms with Gasteiger partial charge in [0, 0.05) is 11.6 Å². The first-order chi connectivity index (χ1) is 13.9. The molecule has 1 aromatic heterocycles. The number of aromatic nitrogens is 2. The predicted octanol–water partition coefficient (Wildman–Crippen LogP) is 4.08. The van der Waals surface area contributed by atoms with Crippen molar-refractivity contribution in [2.75, 3.05) is 12.1 Å². The SMILES string of the molecule is CC(=O)c1cc2c(cc1NC(=O)c1c(C)nn(Cc3ccccc3)c1Cl)OCO2. The first kappa shape index (κ1) is 19.0. The van der Waals surface area contributed by atoms with Crippen LogP contribution in [-0.4, -0.2) is 28.3 Å². The summed E-state index contributed by atoms with van der Waals surface area (Å²) in [6, 6.07) is 12.8. The zero-order valence-corrected chi connectivity index (χ0v) is 16.6. The van der Waals surface area contributed by atoms with Crippen LogP contribution in [0.2, 0.25) is 5.15 Å². The molecule has 1 aliphatic rings. The van der Waals surface area contributed by atoms with Crippen molar-refractivity contribution in [3.05, 3.63) is 70.0 Å². The number of halogens is 1. The van der Waals surface area contributed by atoms with Gasteiger partial charge in [-0.3, -0.25) is 9.59 Å². The quantitative estimate of drug-likeness (QED) is 0.640. The molecule has 0 saturated heterocycles. The molecule has 0 bridgehead atoms. The van der Waals surface area contributed by atoms with Crippen molar-refractivity contribution in [3.63, 3.8) is 0 Å². The number of ether oxygens (including phenoxy) is 2. The number of rotatable bonds is 5. The van der Waals surface area contributed by atoms with Crippen LogP contribution in [0.25, 0.3) is 0 Å². The largest absolute Gasteiger partial charge is 0.454 e. The number of carbonyl (C=O) groups excluding carboxylic acids is 2. The Balaban J connectivity index is 1.64. The molecule has 8 heteroatoms. The van der Waals surface area contributed by atoms with Gasteiger partial charge in [0.2, 0.25) is 6.79 Å². The van der Waals surface area contributed by atoms with Crippen LogP contribution in [0.15, 0.2) is 42.5 Å². The van der Waals surface area contributed by atoms with E-state index in [1.54, 1.807) is 23.7 Å². The molecule has 29 heavy (non-hydrogen) atoms. The first-order valence-corrected chi connectivity index (χ1v) is 9.34. The van der Waals surface area contributed by atoms with Crippen LogP contribution >= 0.6 is 11.6 Å². The molecule has 1 amide bonds. The fraction of sp³-hybridized carbons (Fsp3) is 0.190. The maximum atomic E-state index is 13.0. The van der Waals surface area contributed by atoms with Gasteiger partial charge >= 0.3 is 0 Å². The Hall–Kier alpha value is -3.32. The summed E-state index contributed by atoms with van der Waals surface area (Å²) < 4.78 is 12.2. The van der Waals surface area contributed by atoms with Crippen molar-refractivity contribution in [3.8, 4) is 11.5 Å². The highest BCUT2D eigenvalue weighted by molar-refractivity contribution is 6.33. The Bertz CT molecular complexity index is 1110. The highest BCUT2D eigenvalue weighted by Crippen LogP contribution is 2.37. The molecule has 0 spiro atoms. The van der Waals surface area contributed by atoms with E-state index in [1.165, 1.54) is 6.92 Å². The van der Waals surface area contributed by atoms with E-state index in [-0.39, 0.29) is 23.3 Å². The Kier molecular flexibility index (Phi) is 4.98. The van der Waals surface area contributed by atoms with Gasteiger partial charge in [-0.05, 0) is 25.5 Å². The molecule has 1 N–H and O–H groups in total. The molecule has 0 atom stereocenters. The second kappa shape index (κ2) is 7.60. The maximum Gasteiger partial charge on any atom is 0.260 e. The summed E-state index contributed by atoms with van der Waals surface area (Å²) >= 11 is 6.46. The lowest BCUT2D eigenvalue weighted by Crippen LogP contribution is -2.15. The van der Waals surface area contributed by atoms with Gasteiger partial charge in [0.1, 0.15) is 5.15 Å². The summed E-state index contributed by atoms with van der Waals surface area (Å²) in [6.07, 6.45) is 0. The van der Waals surface area contributed by atoms with Crippen LogP contribution < -0.4 is 14.8 Å². The van der Waals surface area contributed by atoms with E-state index >= 15 is 0 Å². The van der Waals surface area contributed by atoms with Gasteiger partial charge in [0.15, 0.2) is 17.3 Å². The normalized spacial score (nSPS) is 12.1. The number of ketones is 1. The van der Waals surface area contributed by atoms with Crippen LogP contribution in [0.5, 0.6) is 11.5 Å². The summed E-state index contributed by atoms with van der Waals surface area (Å²) in [5.74, 6) is 0.278. The molecule has 0 unspecified atom stereocenters. The molecular weight excluding hydrogens is 394 g/mol. The van der Waals surface area contributed by atoms with Crippen molar-refractivity contribution < 1.29 is 19.1 Å². The third-order valence-electron chi connectivity index (χ3n) is 4.61. The third kappa shape index (κ3) is 3.69. The summed E-state index contributed by atoms with van der Waals surface area (Å²) in [5.41, 5.74) is 2.42. The highest BCUT2D eigenvalue weighted by Gasteiger charge is 2.24. The number of hydrogen-bond acceptors (Lipinski definition) is 5. The number of anilines is 1. The first-order valence-electron chi connectivity index (χ1n) is 8.97. The average Bonchev–Trinajstić information content (AvgIpc) is 3.25. The van der Waals surface area contributed by atoms with Crippen molar-refractivity contribution in [1.29, 1.82) is 0 Å². The van der Waals surface area contributed by atoms with Crippen LogP contribution in [0.4, 0.5) is 5.69 Å². The fourth-order valence-corrected chi connectivity index (χ4v) is 3.51. The van der Waals surface area contributed by atoms with E-state index in [2.05, 4.69) is 10.4 Å². The minimum atomic E-state index is -0.451. The van der Waals surface area contributed by atoms with Gasteiger partial charge in [0.05, 0.1) is 23.5 Å². The summed E-state index contributed by atoms with van der Waals surface area (Å²) in [4.78, 5) is 25.0. The Morgan fingerprint density at radius 2 is 1.86 bits per heavy atom. The fourth-order valence-electron chi connectivity index (χ4n) is 3.19. The number of Topliss-reactive ketones (excluding diaryl/α,β-unsaturated/α-hetero) is 1. The van der Waals surface area contributed by atoms with Gasteiger partial charge in [-0.25, -0.2) is 4.68 Å². The smallest absolute Gasteiger partial charge is 0.260 e. The zero-order chi connectivity index (χ0) is 20.5. The van der Waals surface area contributed by atoms with Gasteiger partial charge in [-0.2, -0.15) is 5.10 Å². The summed E-state index contributed by atoms with van der Waals surface area (Å²) in [7, 11) is 0. The van der Waals surface area contributed by atoms with Gasteiger partial charge < -0.3 is 14.8 Å². The Morgan fingerprint density at radius 3 is 2.55 bits per heavy atom. The highest BCUT2D eigenvalue weighted by atomic mass is 35.5. The van der Waals surface area contributed by atoms with Crippen molar-refractivity contribution >= 4 is 29.0 Å². The molecule has 1 aliphatic heterocycles. The summed E-state index contributed by atoms with van der Waals surface area (Å²) in [6.45, 7) is 3.65. The van der Waals surface area contributed by atoms with Crippen molar-refractivity contribution in [2.24, 2.45) is 0 Å². The molecule has 0 fully saturated rings. The van der Waals surface area contributed by atoms with E-state index in [1.807, 2.05) is 30.3 Å². The second-order valence-corrected chi connectivity index (χ2v) is 7.01. The van der Waals surface area contributed by atoms with Gasteiger partial charge in [-0.15, -0.1) is 0 Å². The standard InChI is InChI=1S/C21H18ClN3O4/c1-12-19(20(22)25(24-12)10-14-6-4-3-5-7-14)21(27)23-16-9-18-17(28-11-29-18)8-15(16)13(2)26/h3-9H,10-11H2,1-2H3,(H,23,27). The van der Waals surface area contributed by atoms with E-state index in [4.69, 9.17) is 21.1 Å². The minimum absolute atomic E-state index is 0.0707. The molecule has 2 aromatic carbocycles. The van der Waals surface area contributed by atoms with Crippen LogP contribution in [0, 0.1) is 6.92 Å². The van der Waals surface area contributed by atoms with Crippen LogP contribution in [0.1, 0.15) is 38.9 Å². The van der Waals surface area contributed by atoms with E-state index in [0.717, 1.165) is 5.56 Å². The van der Waals surface area contributed by atoms with E-state index in [9.17, 15) is 9.59 Å².